The molecule has 1 aromatic carbocycles. The predicted molar refractivity (Wildman–Crippen MR) is 46.5 cm³/mol. The van der Waals surface area contributed by atoms with Crippen molar-refractivity contribution in [1.82, 2.24) is 0 Å². The van der Waals surface area contributed by atoms with Gasteiger partial charge in [0, 0.05) is 5.56 Å². The van der Waals surface area contributed by atoms with Crippen LogP contribution in [-0.4, -0.2) is 6.79 Å². The highest BCUT2D eigenvalue weighted by molar-refractivity contribution is 5.49. The van der Waals surface area contributed by atoms with Crippen LogP contribution in [0.2, 0.25) is 0 Å². The van der Waals surface area contributed by atoms with E-state index in [0.717, 1.165) is 0 Å². The monoisotopic (exact) mass is 217 g/mol. The number of benzene rings is 1. The largest absolute Gasteiger partial charge is 0.454 e. The molecule has 0 amide bonds. The summed E-state index contributed by atoms with van der Waals surface area (Å²) >= 11 is 0. The van der Waals surface area contributed by atoms with Crippen LogP contribution in [0.1, 0.15) is 17.6 Å². The molecule has 1 heterocycles. The van der Waals surface area contributed by atoms with E-state index in [1.54, 1.807) is 0 Å². The molecule has 1 aromatic rings. The van der Waals surface area contributed by atoms with Gasteiger partial charge in [-0.15, -0.1) is 0 Å². The number of fused-ring (bicyclic) bond motifs is 1. The first-order valence-corrected chi connectivity index (χ1v) is 4.24. The van der Waals surface area contributed by atoms with Crippen molar-refractivity contribution < 1.29 is 23.1 Å². The summed E-state index contributed by atoms with van der Waals surface area (Å²) in [5, 5.41) is 0. The summed E-state index contributed by atoms with van der Waals surface area (Å²) in [5.41, 5.74) is 0.154. The molecule has 0 saturated heterocycles. The molecule has 1 aliphatic heterocycles. The molecule has 0 unspecified atom stereocenters. The summed E-state index contributed by atoms with van der Waals surface area (Å²) in [6.07, 6.45) is -2.59. The van der Waals surface area contributed by atoms with Gasteiger partial charge in [0.15, 0.2) is 11.5 Å². The van der Waals surface area contributed by atoms with E-state index in [1.807, 2.05) is 0 Å². The third kappa shape index (κ3) is 1.86. The van der Waals surface area contributed by atoms with Crippen molar-refractivity contribution >= 4 is 0 Å². The molecular weight excluding hydrogens is 208 g/mol. The molecule has 0 bridgehead atoms. The van der Waals surface area contributed by atoms with Gasteiger partial charge in [-0.3, -0.25) is 4.84 Å². The Morgan fingerprint density at radius 1 is 1.33 bits per heavy atom. The van der Waals surface area contributed by atoms with Crippen LogP contribution >= 0.6 is 0 Å². The van der Waals surface area contributed by atoms with E-state index in [9.17, 15) is 8.78 Å². The Hall–Kier alpha value is -1.40. The summed E-state index contributed by atoms with van der Waals surface area (Å²) in [6, 6.07) is 2.71. The predicted octanol–water partition coefficient (Wildman–Crippen LogP) is 1.74. The highest BCUT2D eigenvalue weighted by Crippen LogP contribution is 2.38. The molecule has 0 radical (unpaired) electrons. The van der Waals surface area contributed by atoms with Gasteiger partial charge in [0.2, 0.25) is 6.79 Å². The first kappa shape index (κ1) is 10.1. The minimum Gasteiger partial charge on any atom is -0.454 e. The first-order chi connectivity index (χ1) is 7.22. The van der Waals surface area contributed by atoms with Gasteiger partial charge in [-0.05, 0) is 17.7 Å². The number of rotatable bonds is 3. The standard InChI is InChI=1S/C9H9F2NO3/c10-9(11)6-2-8-7(13-4-14-8)1-5(6)3-15-12/h1-2,9H,3-4,12H2. The molecule has 0 aromatic heterocycles. The highest BCUT2D eigenvalue weighted by Gasteiger charge is 2.21. The number of nitrogens with two attached hydrogens (primary N) is 1. The maximum Gasteiger partial charge on any atom is 0.264 e. The van der Waals surface area contributed by atoms with E-state index in [4.69, 9.17) is 15.4 Å². The topological polar surface area (TPSA) is 53.7 Å². The van der Waals surface area contributed by atoms with E-state index < -0.39 is 6.43 Å². The number of hydrogen-bond donors (Lipinski definition) is 1. The minimum atomic E-state index is -2.59. The van der Waals surface area contributed by atoms with Crippen LogP contribution in [0.3, 0.4) is 0 Å². The van der Waals surface area contributed by atoms with Gasteiger partial charge >= 0.3 is 0 Å². The van der Waals surface area contributed by atoms with Crippen molar-refractivity contribution in [1.29, 1.82) is 0 Å². The van der Waals surface area contributed by atoms with E-state index in [0.29, 0.717) is 17.1 Å². The molecule has 0 atom stereocenters. The first-order valence-electron chi connectivity index (χ1n) is 4.24. The molecule has 6 heteroatoms. The Bertz CT molecular complexity index is 371. The van der Waals surface area contributed by atoms with Gasteiger partial charge in [-0.2, -0.15) is 0 Å². The normalized spacial score (nSPS) is 13.6. The lowest BCUT2D eigenvalue weighted by Crippen LogP contribution is -2.02. The minimum absolute atomic E-state index is 0.0466. The van der Waals surface area contributed by atoms with Crippen molar-refractivity contribution in [2.24, 2.45) is 5.90 Å². The molecular formula is C9H9F2NO3. The van der Waals surface area contributed by atoms with Gasteiger partial charge in [-0.1, -0.05) is 0 Å². The van der Waals surface area contributed by atoms with Gasteiger partial charge < -0.3 is 9.47 Å². The Morgan fingerprint density at radius 3 is 2.60 bits per heavy atom. The average molecular weight is 217 g/mol. The Morgan fingerprint density at radius 2 is 2.00 bits per heavy atom. The van der Waals surface area contributed by atoms with Crippen LogP contribution in [0, 0.1) is 0 Å². The Kier molecular flexibility index (Phi) is 2.70. The summed E-state index contributed by atoms with van der Waals surface area (Å²) in [7, 11) is 0. The van der Waals surface area contributed by atoms with Crippen molar-refractivity contribution in [2.75, 3.05) is 6.79 Å². The number of alkyl halides is 2. The van der Waals surface area contributed by atoms with Crippen LogP contribution in [0.4, 0.5) is 8.78 Å². The summed E-state index contributed by atoms with van der Waals surface area (Å²) in [6.45, 7) is -0.0404. The molecule has 1 aliphatic rings. The van der Waals surface area contributed by atoms with Crippen molar-refractivity contribution in [2.45, 2.75) is 13.0 Å². The van der Waals surface area contributed by atoms with E-state index in [2.05, 4.69) is 4.84 Å². The Balaban J connectivity index is 2.42. The van der Waals surface area contributed by atoms with Crippen LogP contribution in [0.15, 0.2) is 12.1 Å². The SMILES string of the molecule is NOCc1cc2c(cc1C(F)F)OCO2. The quantitative estimate of drug-likeness (QED) is 0.783. The maximum absolute atomic E-state index is 12.6. The zero-order chi connectivity index (χ0) is 10.8. The molecule has 0 saturated carbocycles. The highest BCUT2D eigenvalue weighted by atomic mass is 19.3. The second-order valence-corrected chi connectivity index (χ2v) is 3.02. The van der Waals surface area contributed by atoms with Crippen LogP contribution in [0.5, 0.6) is 11.5 Å². The fourth-order valence-electron chi connectivity index (χ4n) is 1.42. The molecule has 2 N–H and O–H groups in total. The van der Waals surface area contributed by atoms with Gasteiger partial charge in [0.1, 0.15) is 0 Å². The van der Waals surface area contributed by atoms with Gasteiger partial charge in [0.25, 0.3) is 6.43 Å². The summed E-state index contributed by atoms with van der Waals surface area (Å²) < 4.78 is 35.3. The fourth-order valence-corrected chi connectivity index (χ4v) is 1.42. The summed E-state index contributed by atoms with van der Waals surface area (Å²) in [4.78, 5) is 4.35. The third-order valence-corrected chi connectivity index (χ3v) is 2.11. The van der Waals surface area contributed by atoms with E-state index in [-0.39, 0.29) is 19.0 Å². The van der Waals surface area contributed by atoms with Crippen LogP contribution in [0.25, 0.3) is 0 Å². The van der Waals surface area contributed by atoms with Gasteiger partial charge in [-0.25, -0.2) is 14.7 Å². The van der Waals surface area contributed by atoms with Crippen molar-refractivity contribution in [3.63, 3.8) is 0 Å². The second-order valence-electron chi connectivity index (χ2n) is 3.02. The molecule has 2 rings (SSSR count). The van der Waals surface area contributed by atoms with Gasteiger partial charge in [0.05, 0.1) is 6.61 Å². The molecule has 82 valence electrons. The number of hydrogen-bond acceptors (Lipinski definition) is 4. The number of ether oxygens (including phenoxy) is 2. The zero-order valence-electron chi connectivity index (χ0n) is 7.70. The lowest BCUT2D eigenvalue weighted by atomic mass is 10.1. The smallest absolute Gasteiger partial charge is 0.264 e. The molecule has 15 heavy (non-hydrogen) atoms. The average Bonchev–Trinajstić information content (AvgIpc) is 2.63. The maximum atomic E-state index is 12.6. The summed E-state index contributed by atoms with van der Waals surface area (Å²) in [5.74, 6) is 5.62. The molecule has 0 fully saturated rings. The fraction of sp³-hybridized carbons (Fsp3) is 0.333. The molecule has 0 aliphatic carbocycles. The number of halogens is 2. The van der Waals surface area contributed by atoms with E-state index >= 15 is 0 Å². The zero-order valence-corrected chi connectivity index (χ0v) is 7.70. The van der Waals surface area contributed by atoms with Crippen LogP contribution < -0.4 is 15.4 Å². The lowest BCUT2D eigenvalue weighted by molar-refractivity contribution is 0.114. The lowest BCUT2D eigenvalue weighted by Gasteiger charge is -2.08. The van der Waals surface area contributed by atoms with E-state index in [1.165, 1.54) is 12.1 Å². The Labute approximate surface area is 84.5 Å². The molecule has 4 nitrogen and oxygen atoms in total. The van der Waals surface area contributed by atoms with Crippen molar-refractivity contribution in [3.05, 3.63) is 23.3 Å². The van der Waals surface area contributed by atoms with Crippen LogP contribution in [-0.2, 0) is 11.4 Å². The third-order valence-electron chi connectivity index (χ3n) is 2.11. The van der Waals surface area contributed by atoms with Crippen molar-refractivity contribution in [3.8, 4) is 11.5 Å². The molecule has 0 spiro atoms. The second kappa shape index (κ2) is 4.00.